The molecule has 1 heterocycles. The maximum Gasteiger partial charge on any atom is 0.257 e. The smallest absolute Gasteiger partial charge is 0.257 e. The first-order valence-corrected chi connectivity index (χ1v) is 5.78. The Morgan fingerprint density at radius 1 is 1.62 bits per heavy atom. The molecule has 1 aromatic rings. The summed E-state index contributed by atoms with van der Waals surface area (Å²) < 4.78 is 5.17. The number of hydrogen-bond donors (Lipinski definition) is 1. The lowest BCUT2D eigenvalue weighted by Gasteiger charge is -2.21. The quantitative estimate of drug-likeness (QED) is 0.822. The predicted molar refractivity (Wildman–Crippen MR) is 61.2 cm³/mol. The van der Waals surface area contributed by atoms with Gasteiger partial charge in [-0.25, -0.2) is 0 Å². The molecular weight excluding hydrogens is 204 g/mol. The SMILES string of the molecule is Cc1cc(C(=O)N(CCCN)C2CC2)co1. The molecule has 1 amide bonds. The van der Waals surface area contributed by atoms with Crippen LogP contribution in [0.2, 0.25) is 0 Å². The van der Waals surface area contributed by atoms with E-state index in [4.69, 9.17) is 10.2 Å². The van der Waals surface area contributed by atoms with Gasteiger partial charge in [-0.3, -0.25) is 4.79 Å². The molecule has 4 heteroatoms. The summed E-state index contributed by atoms with van der Waals surface area (Å²) in [7, 11) is 0. The fourth-order valence-electron chi connectivity index (χ4n) is 1.82. The van der Waals surface area contributed by atoms with Gasteiger partial charge >= 0.3 is 0 Å². The Labute approximate surface area is 95.4 Å². The molecule has 0 aliphatic heterocycles. The molecule has 0 saturated heterocycles. The van der Waals surface area contributed by atoms with Crippen molar-refractivity contribution >= 4 is 5.91 Å². The zero-order valence-electron chi connectivity index (χ0n) is 9.61. The predicted octanol–water partition coefficient (Wildman–Crippen LogP) is 1.54. The number of aryl methyl sites for hydroxylation is 1. The summed E-state index contributed by atoms with van der Waals surface area (Å²) in [6, 6.07) is 2.22. The van der Waals surface area contributed by atoms with Crippen LogP contribution < -0.4 is 5.73 Å². The van der Waals surface area contributed by atoms with E-state index in [0.29, 0.717) is 18.2 Å². The first kappa shape index (κ1) is 11.2. The fraction of sp³-hybridized carbons (Fsp3) is 0.583. The Kier molecular flexibility index (Phi) is 3.29. The zero-order chi connectivity index (χ0) is 11.5. The van der Waals surface area contributed by atoms with Gasteiger partial charge in [-0.1, -0.05) is 0 Å². The molecule has 1 aliphatic carbocycles. The normalized spacial score (nSPS) is 15.1. The highest BCUT2D eigenvalue weighted by molar-refractivity contribution is 5.94. The van der Waals surface area contributed by atoms with E-state index in [1.807, 2.05) is 11.8 Å². The average molecular weight is 222 g/mol. The van der Waals surface area contributed by atoms with Gasteiger partial charge in [-0.15, -0.1) is 0 Å². The van der Waals surface area contributed by atoms with E-state index >= 15 is 0 Å². The van der Waals surface area contributed by atoms with E-state index in [-0.39, 0.29) is 5.91 Å². The first-order chi connectivity index (χ1) is 7.72. The van der Waals surface area contributed by atoms with Crippen LogP contribution in [-0.4, -0.2) is 29.9 Å². The number of hydrogen-bond acceptors (Lipinski definition) is 3. The Balaban J connectivity index is 2.04. The summed E-state index contributed by atoms with van der Waals surface area (Å²) in [5, 5.41) is 0. The van der Waals surface area contributed by atoms with Crippen molar-refractivity contribution in [1.29, 1.82) is 0 Å². The van der Waals surface area contributed by atoms with Crippen molar-refractivity contribution in [2.24, 2.45) is 5.73 Å². The van der Waals surface area contributed by atoms with Crippen LogP contribution in [0.4, 0.5) is 0 Å². The van der Waals surface area contributed by atoms with Crippen LogP contribution in [0.15, 0.2) is 16.7 Å². The van der Waals surface area contributed by atoms with Crippen LogP contribution in [0.1, 0.15) is 35.4 Å². The summed E-state index contributed by atoms with van der Waals surface area (Å²) in [5.41, 5.74) is 6.14. The van der Waals surface area contributed by atoms with Gasteiger partial charge in [0, 0.05) is 12.6 Å². The molecule has 0 aromatic carbocycles. The molecule has 2 rings (SSSR count). The van der Waals surface area contributed by atoms with E-state index in [1.165, 1.54) is 6.26 Å². The molecule has 4 nitrogen and oxygen atoms in total. The molecule has 16 heavy (non-hydrogen) atoms. The van der Waals surface area contributed by atoms with Crippen molar-refractivity contribution in [3.63, 3.8) is 0 Å². The summed E-state index contributed by atoms with van der Waals surface area (Å²) >= 11 is 0. The number of amides is 1. The van der Waals surface area contributed by atoms with Crippen LogP contribution >= 0.6 is 0 Å². The summed E-state index contributed by atoms with van der Waals surface area (Å²) in [5.74, 6) is 0.853. The van der Waals surface area contributed by atoms with Gasteiger partial charge in [0.15, 0.2) is 0 Å². The lowest BCUT2D eigenvalue weighted by atomic mass is 10.2. The minimum atomic E-state index is 0.0767. The average Bonchev–Trinajstić information content (AvgIpc) is 3.01. The Morgan fingerprint density at radius 2 is 2.38 bits per heavy atom. The molecule has 0 bridgehead atoms. The molecule has 0 spiro atoms. The molecule has 1 aliphatic rings. The van der Waals surface area contributed by atoms with Gasteiger partial charge in [0.25, 0.3) is 5.91 Å². The van der Waals surface area contributed by atoms with Crippen LogP contribution in [-0.2, 0) is 0 Å². The molecule has 2 N–H and O–H groups in total. The standard InChI is InChI=1S/C12H18N2O2/c1-9-7-10(8-16-9)12(15)14(6-2-5-13)11-3-4-11/h7-8,11H,2-6,13H2,1H3. The highest BCUT2D eigenvalue weighted by Crippen LogP contribution is 2.28. The van der Waals surface area contributed by atoms with Crippen LogP contribution in [0.5, 0.6) is 0 Å². The van der Waals surface area contributed by atoms with Crippen LogP contribution in [0, 0.1) is 6.92 Å². The summed E-state index contributed by atoms with van der Waals surface area (Å²) in [4.78, 5) is 14.1. The second kappa shape index (κ2) is 4.70. The van der Waals surface area contributed by atoms with Crippen molar-refractivity contribution in [2.75, 3.05) is 13.1 Å². The third-order valence-corrected chi connectivity index (χ3v) is 2.83. The third kappa shape index (κ3) is 2.44. The summed E-state index contributed by atoms with van der Waals surface area (Å²) in [6.07, 6.45) is 4.63. The highest BCUT2D eigenvalue weighted by atomic mass is 16.3. The summed E-state index contributed by atoms with van der Waals surface area (Å²) in [6.45, 7) is 3.23. The molecule has 0 atom stereocenters. The Bertz CT molecular complexity index is 369. The zero-order valence-corrected chi connectivity index (χ0v) is 9.61. The highest BCUT2D eigenvalue weighted by Gasteiger charge is 2.32. The Hall–Kier alpha value is -1.29. The maximum atomic E-state index is 12.2. The first-order valence-electron chi connectivity index (χ1n) is 5.78. The second-order valence-electron chi connectivity index (χ2n) is 4.32. The lowest BCUT2D eigenvalue weighted by molar-refractivity contribution is 0.0741. The monoisotopic (exact) mass is 222 g/mol. The van der Waals surface area contributed by atoms with Gasteiger partial charge in [0.05, 0.1) is 5.56 Å². The van der Waals surface area contributed by atoms with Gasteiger partial charge in [0.1, 0.15) is 12.0 Å². The number of nitrogens with two attached hydrogens (primary N) is 1. The van der Waals surface area contributed by atoms with Gasteiger partial charge in [-0.05, 0) is 38.8 Å². The number of nitrogens with zero attached hydrogens (tertiary/aromatic N) is 1. The molecule has 0 radical (unpaired) electrons. The van der Waals surface area contributed by atoms with E-state index in [9.17, 15) is 4.79 Å². The molecular formula is C12H18N2O2. The maximum absolute atomic E-state index is 12.2. The topological polar surface area (TPSA) is 59.5 Å². The number of carbonyl (C=O) groups is 1. The van der Waals surface area contributed by atoms with Crippen molar-refractivity contribution in [3.8, 4) is 0 Å². The van der Waals surface area contributed by atoms with E-state index in [1.54, 1.807) is 6.07 Å². The lowest BCUT2D eigenvalue weighted by Crippen LogP contribution is -2.34. The largest absolute Gasteiger partial charge is 0.469 e. The fourth-order valence-corrected chi connectivity index (χ4v) is 1.82. The molecule has 0 unspecified atom stereocenters. The van der Waals surface area contributed by atoms with E-state index < -0.39 is 0 Å². The Morgan fingerprint density at radius 3 is 2.88 bits per heavy atom. The van der Waals surface area contributed by atoms with Crippen molar-refractivity contribution in [3.05, 3.63) is 23.7 Å². The number of carbonyl (C=O) groups excluding carboxylic acids is 1. The molecule has 88 valence electrons. The minimum absolute atomic E-state index is 0.0767. The van der Waals surface area contributed by atoms with E-state index in [0.717, 1.165) is 31.6 Å². The third-order valence-electron chi connectivity index (χ3n) is 2.83. The van der Waals surface area contributed by atoms with Crippen molar-refractivity contribution < 1.29 is 9.21 Å². The van der Waals surface area contributed by atoms with Gasteiger partial charge in [0.2, 0.25) is 0 Å². The van der Waals surface area contributed by atoms with Gasteiger partial charge in [-0.2, -0.15) is 0 Å². The van der Waals surface area contributed by atoms with Crippen LogP contribution in [0.25, 0.3) is 0 Å². The second-order valence-corrected chi connectivity index (χ2v) is 4.32. The molecule has 1 saturated carbocycles. The van der Waals surface area contributed by atoms with Crippen molar-refractivity contribution in [1.82, 2.24) is 4.90 Å². The van der Waals surface area contributed by atoms with Crippen molar-refractivity contribution in [2.45, 2.75) is 32.2 Å². The number of furan rings is 1. The molecule has 1 fully saturated rings. The van der Waals surface area contributed by atoms with Gasteiger partial charge < -0.3 is 15.1 Å². The van der Waals surface area contributed by atoms with Crippen LogP contribution in [0.3, 0.4) is 0 Å². The minimum Gasteiger partial charge on any atom is -0.469 e. The number of rotatable bonds is 5. The van der Waals surface area contributed by atoms with E-state index in [2.05, 4.69) is 0 Å². The molecule has 1 aromatic heterocycles.